The Labute approximate surface area is 121 Å². The Balaban J connectivity index is 1.74. The lowest BCUT2D eigenvalue weighted by molar-refractivity contribution is 0.262. The lowest BCUT2D eigenvalue weighted by Crippen LogP contribution is -2.43. The second-order valence-corrected chi connectivity index (χ2v) is 6.31. The van der Waals surface area contributed by atoms with Gasteiger partial charge in [-0.2, -0.15) is 0 Å². The van der Waals surface area contributed by atoms with Gasteiger partial charge in [-0.15, -0.1) is 0 Å². The molecule has 0 bridgehead atoms. The monoisotopic (exact) mass is 276 g/mol. The van der Waals surface area contributed by atoms with Crippen molar-refractivity contribution < 1.29 is 4.39 Å². The summed E-state index contributed by atoms with van der Waals surface area (Å²) in [6.45, 7) is 3.02. The maximum atomic E-state index is 13.7. The Bertz CT molecular complexity index is 454. The average Bonchev–Trinajstić information content (AvgIpc) is 2.98. The Morgan fingerprint density at radius 3 is 2.80 bits per heavy atom. The van der Waals surface area contributed by atoms with Gasteiger partial charge in [-0.1, -0.05) is 18.9 Å². The highest BCUT2D eigenvalue weighted by Crippen LogP contribution is 2.33. The number of hydrogen-bond donors (Lipinski definition) is 2. The number of halogens is 1. The molecule has 1 aromatic rings. The van der Waals surface area contributed by atoms with Crippen LogP contribution in [0.1, 0.15) is 44.1 Å². The number of nitrogens with one attached hydrogen (secondary N) is 2. The van der Waals surface area contributed by atoms with E-state index in [1.54, 1.807) is 6.07 Å². The summed E-state index contributed by atoms with van der Waals surface area (Å²) in [4.78, 5) is 0. The quantitative estimate of drug-likeness (QED) is 0.876. The van der Waals surface area contributed by atoms with Gasteiger partial charge in [0.05, 0.1) is 0 Å². The van der Waals surface area contributed by atoms with Gasteiger partial charge in [0.25, 0.3) is 0 Å². The topological polar surface area (TPSA) is 24.1 Å². The van der Waals surface area contributed by atoms with Gasteiger partial charge in [0.2, 0.25) is 0 Å². The summed E-state index contributed by atoms with van der Waals surface area (Å²) < 4.78 is 13.7. The van der Waals surface area contributed by atoms with E-state index in [-0.39, 0.29) is 5.82 Å². The Hall–Kier alpha value is -1.09. The van der Waals surface area contributed by atoms with E-state index in [0.717, 1.165) is 17.8 Å². The predicted molar refractivity (Wildman–Crippen MR) is 81.5 cm³/mol. The zero-order valence-electron chi connectivity index (χ0n) is 12.3. The number of hydrogen-bond acceptors (Lipinski definition) is 2. The minimum atomic E-state index is -0.110. The second-order valence-electron chi connectivity index (χ2n) is 6.31. The van der Waals surface area contributed by atoms with E-state index in [9.17, 15) is 4.39 Å². The lowest BCUT2D eigenvalue weighted by Gasteiger charge is -2.37. The highest BCUT2D eigenvalue weighted by atomic mass is 19.1. The van der Waals surface area contributed by atoms with Crippen LogP contribution in [-0.4, -0.2) is 18.6 Å². The molecule has 0 amide bonds. The third kappa shape index (κ3) is 2.83. The van der Waals surface area contributed by atoms with Crippen molar-refractivity contribution in [2.45, 2.75) is 57.5 Å². The molecule has 0 radical (unpaired) electrons. The molecule has 1 saturated heterocycles. The highest BCUT2D eigenvalue weighted by molar-refractivity contribution is 5.51. The summed E-state index contributed by atoms with van der Waals surface area (Å²) >= 11 is 0. The van der Waals surface area contributed by atoms with E-state index in [1.165, 1.54) is 44.6 Å². The van der Waals surface area contributed by atoms with Crippen LogP contribution in [0.5, 0.6) is 0 Å². The summed E-state index contributed by atoms with van der Waals surface area (Å²) in [5.41, 5.74) is 1.72. The third-order valence-corrected chi connectivity index (χ3v) is 5.04. The van der Waals surface area contributed by atoms with Crippen LogP contribution in [0.3, 0.4) is 0 Å². The van der Waals surface area contributed by atoms with Gasteiger partial charge in [0, 0.05) is 23.3 Å². The van der Waals surface area contributed by atoms with Crippen LogP contribution in [-0.2, 0) is 0 Å². The van der Waals surface area contributed by atoms with Gasteiger partial charge >= 0.3 is 0 Å². The van der Waals surface area contributed by atoms with Gasteiger partial charge in [-0.25, -0.2) is 4.39 Å². The molecular weight excluding hydrogens is 251 g/mol. The first-order chi connectivity index (χ1) is 9.75. The Morgan fingerprint density at radius 2 is 2.00 bits per heavy atom. The molecule has 1 aromatic carbocycles. The minimum Gasteiger partial charge on any atom is -0.382 e. The van der Waals surface area contributed by atoms with Crippen molar-refractivity contribution in [3.8, 4) is 0 Å². The van der Waals surface area contributed by atoms with Crippen LogP contribution in [0.2, 0.25) is 0 Å². The van der Waals surface area contributed by atoms with Gasteiger partial charge in [0.15, 0.2) is 0 Å². The molecule has 1 saturated carbocycles. The van der Waals surface area contributed by atoms with E-state index < -0.39 is 0 Å². The third-order valence-electron chi connectivity index (χ3n) is 5.04. The zero-order valence-corrected chi connectivity index (χ0v) is 12.3. The molecule has 110 valence electrons. The summed E-state index contributed by atoms with van der Waals surface area (Å²) in [5, 5.41) is 7.29. The fourth-order valence-corrected chi connectivity index (χ4v) is 3.86. The first-order valence-corrected chi connectivity index (χ1v) is 8.01. The van der Waals surface area contributed by atoms with Gasteiger partial charge < -0.3 is 10.6 Å². The molecule has 1 aliphatic heterocycles. The van der Waals surface area contributed by atoms with Gasteiger partial charge in [-0.3, -0.25) is 0 Å². The second kappa shape index (κ2) is 6.13. The lowest BCUT2D eigenvalue weighted by atomic mass is 9.79. The molecule has 3 unspecified atom stereocenters. The van der Waals surface area contributed by atoms with E-state index in [4.69, 9.17) is 0 Å². The van der Waals surface area contributed by atoms with E-state index in [2.05, 4.69) is 10.6 Å². The van der Waals surface area contributed by atoms with Crippen molar-refractivity contribution in [2.24, 2.45) is 5.92 Å². The largest absolute Gasteiger partial charge is 0.382 e. The Morgan fingerprint density at radius 1 is 1.15 bits per heavy atom. The molecule has 3 heteroatoms. The van der Waals surface area contributed by atoms with Gasteiger partial charge in [0.1, 0.15) is 5.82 Å². The SMILES string of the molecule is Cc1c(F)cccc1NC1CCCCC1C1CCCN1. The zero-order chi connectivity index (χ0) is 13.9. The smallest absolute Gasteiger partial charge is 0.128 e. The first kappa shape index (κ1) is 13.9. The molecule has 2 aliphatic rings. The summed E-state index contributed by atoms with van der Waals surface area (Å²) in [6, 6.07) is 6.49. The number of anilines is 1. The molecule has 20 heavy (non-hydrogen) atoms. The molecule has 2 nitrogen and oxygen atoms in total. The molecule has 3 rings (SSSR count). The van der Waals surface area contributed by atoms with Crippen LogP contribution < -0.4 is 10.6 Å². The van der Waals surface area contributed by atoms with Crippen molar-refractivity contribution in [1.29, 1.82) is 0 Å². The molecule has 0 spiro atoms. The number of benzene rings is 1. The van der Waals surface area contributed by atoms with Crippen LogP contribution >= 0.6 is 0 Å². The van der Waals surface area contributed by atoms with Crippen LogP contribution in [0.4, 0.5) is 10.1 Å². The van der Waals surface area contributed by atoms with Crippen molar-refractivity contribution in [2.75, 3.05) is 11.9 Å². The summed E-state index contributed by atoms with van der Waals surface area (Å²) in [7, 11) is 0. The molecule has 3 atom stereocenters. The molecule has 2 N–H and O–H groups in total. The van der Waals surface area contributed by atoms with Crippen molar-refractivity contribution in [3.05, 3.63) is 29.6 Å². The van der Waals surface area contributed by atoms with Crippen molar-refractivity contribution >= 4 is 5.69 Å². The highest BCUT2D eigenvalue weighted by Gasteiger charge is 2.33. The summed E-state index contributed by atoms with van der Waals surface area (Å²) in [5.74, 6) is 0.579. The van der Waals surface area contributed by atoms with E-state index in [0.29, 0.717) is 18.0 Å². The summed E-state index contributed by atoms with van der Waals surface area (Å²) in [6.07, 6.45) is 7.72. The maximum Gasteiger partial charge on any atom is 0.128 e. The first-order valence-electron chi connectivity index (χ1n) is 8.01. The Kier molecular flexibility index (Phi) is 4.25. The van der Waals surface area contributed by atoms with Crippen molar-refractivity contribution in [3.63, 3.8) is 0 Å². The molecule has 0 aromatic heterocycles. The molecule has 1 aliphatic carbocycles. The van der Waals surface area contributed by atoms with Crippen molar-refractivity contribution in [1.82, 2.24) is 5.32 Å². The minimum absolute atomic E-state index is 0.110. The predicted octanol–water partition coefficient (Wildman–Crippen LogP) is 3.86. The standard InChI is InChI=1S/C17H25FN2/c1-12-14(18)7-4-9-15(12)20-17-8-3-2-6-13(17)16-10-5-11-19-16/h4,7,9,13,16-17,19-20H,2-3,5-6,8,10-11H2,1H3. The molecular formula is C17H25FN2. The van der Waals surface area contributed by atoms with Crippen LogP contribution in [0.15, 0.2) is 18.2 Å². The number of rotatable bonds is 3. The molecule has 1 heterocycles. The van der Waals surface area contributed by atoms with Crippen LogP contribution in [0, 0.1) is 18.7 Å². The van der Waals surface area contributed by atoms with Crippen LogP contribution in [0.25, 0.3) is 0 Å². The fraction of sp³-hybridized carbons (Fsp3) is 0.647. The van der Waals surface area contributed by atoms with E-state index in [1.807, 2.05) is 13.0 Å². The average molecular weight is 276 g/mol. The molecule has 2 fully saturated rings. The fourth-order valence-electron chi connectivity index (χ4n) is 3.86. The van der Waals surface area contributed by atoms with Gasteiger partial charge in [-0.05, 0) is 57.2 Å². The van der Waals surface area contributed by atoms with E-state index >= 15 is 0 Å². The normalized spacial score (nSPS) is 30.4. The maximum absolute atomic E-state index is 13.7.